The maximum absolute atomic E-state index is 11.8. The van der Waals surface area contributed by atoms with Crippen molar-refractivity contribution in [3.8, 4) is 17.3 Å². The molecule has 0 atom stereocenters. The molecule has 2 aromatic heterocycles. The Balaban J connectivity index is 1.65. The van der Waals surface area contributed by atoms with E-state index in [4.69, 9.17) is 9.15 Å². The zero-order valence-corrected chi connectivity index (χ0v) is 17.6. The number of ketones is 1. The van der Waals surface area contributed by atoms with Crippen LogP contribution in [0.5, 0.6) is 5.75 Å². The predicted molar refractivity (Wildman–Crippen MR) is 116 cm³/mol. The molecule has 0 amide bonds. The number of carbonyl (C=O) groups excluding carboxylic acids is 1. The molecule has 4 aromatic rings. The van der Waals surface area contributed by atoms with Gasteiger partial charge in [-0.15, -0.1) is 10.2 Å². The van der Waals surface area contributed by atoms with E-state index in [0.717, 1.165) is 22.0 Å². The van der Waals surface area contributed by atoms with Gasteiger partial charge < -0.3 is 9.15 Å². The van der Waals surface area contributed by atoms with Crippen LogP contribution in [0.4, 0.5) is 0 Å². The van der Waals surface area contributed by atoms with Crippen LogP contribution in [0.15, 0.2) is 76.5 Å². The molecule has 0 aliphatic rings. The quantitative estimate of drug-likeness (QED) is 0.293. The average molecular weight is 420 g/mol. The van der Waals surface area contributed by atoms with Crippen LogP contribution in [0.2, 0.25) is 0 Å². The van der Waals surface area contributed by atoms with Crippen LogP contribution in [-0.4, -0.2) is 27.7 Å². The summed E-state index contributed by atoms with van der Waals surface area (Å²) in [6.45, 7) is 2.18. The summed E-state index contributed by atoms with van der Waals surface area (Å²) >= 11 is 1.54. The van der Waals surface area contributed by atoms with E-state index in [1.54, 1.807) is 38.1 Å². The summed E-state index contributed by atoms with van der Waals surface area (Å²) in [6.07, 6.45) is 1.63. The number of methoxy groups -OCH3 is 1. The second-order valence-electron chi connectivity index (χ2n) is 6.73. The number of rotatable bonds is 8. The number of Topliss-reactive ketones (excluding diaryl/α,β-unsaturated/α-hetero) is 1. The monoisotopic (exact) mass is 419 g/mol. The fourth-order valence-corrected chi connectivity index (χ4v) is 4.06. The van der Waals surface area contributed by atoms with Crippen LogP contribution >= 0.6 is 11.8 Å². The van der Waals surface area contributed by atoms with Crippen LogP contribution < -0.4 is 4.74 Å². The van der Waals surface area contributed by atoms with Crippen LogP contribution in [0.1, 0.15) is 28.4 Å². The first-order valence-electron chi connectivity index (χ1n) is 9.47. The van der Waals surface area contributed by atoms with Gasteiger partial charge in [0.2, 0.25) is 5.82 Å². The van der Waals surface area contributed by atoms with Gasteiger partial charge in [0.15, 0.2) is 16.7 Å². The molecule has 6 nitrogen and oxygen atoms in total. The number of carbonyl (C=O) groups is 1. The summed E-state index contributed by atoms with van der Waals surface area (Å²) in [7, 11) is 1.63. The molecule has 152 valence electrons. The lowest BCUT2D eigenvalue weighted by Crippen LogP contribution is -2.04. The Bertz CT molecular complexity index is 1140. The topological polar surface area (TPSA) is 70.2 Å². The van der Waals surface area contributed by atoms with E-state index in [0.29, 0.717) is 29.4 Å². The first kappa shape index (κ1) is 20.0. The first-order chi connectivity index (χ1) is 14.7. The molecule has 0 bridgehead atoms. The third-order valence-corrected chi connectivity index (χ3v) is 5.70. The van der Waals surface area contributed by atoms with Gasteiger partial charge in [0.25, 0.3) is 0 Å². The van der Waals surface area contributed by atoms with Crippen LogP contribution in [0.25, 0.3) is 11.6 Å². The number of hydrogen-bond donors (Lipinski definition) is 0. The minimum atomic E-state index is 0.0243. The highest BCUT2D eigenvalue weighted by atomic mass is 32.2. The van der Waals surface area contributed by atoms with Crippen molar-refractivity contribution < 1.29 is 13.9 Å². The molecular formula is C23H21N3O3S. The fourth-order valence-electron chi connectivity index (χ4n) is 3.14. The van der Waals surface area contributed by atoms with Gasteiger partial charge in [0, 0.05) is 16.9 Å². The minimum Gasteiger partial charge on any atom is -0.496 e. The maximum atomic E-state index is 11.8. The molecule has 0 saturated carbocycles. The molecule has 0 unspecified atom stereocenters. The van der Waals surface area contributed by atoms with Crippen LogP contribution in [0.3, 0.4) is 0 Å². The summed E-state index contributed by atoms with van der Waals surface area (Å²) in [5.74, 6) is 2.71. The lowest BCUT2D eigenvalue weighted by molar-refractivity contribution is 0.101. The summed E-state index contributed by atoms with van der Waals surface area (Å²) in [5.41, 5.74) is 2.74. The molecule has 2 aromatic carbocycles. The number of benzene rings is 2. The maximum Gasteiger partial charge on any atom is 0.200 e. The van der Waals surface area contributed by atoms with Gasteiger partial charge in [-0.1, -0.05) is 42.1 Å². The van der Waals surface area contributed by atoms with Gasteiger partial charge >= 0.3 is 0 Å². The van der Waals surface area contributed by atoms with Gasteiger partial charge in [-0.3, -0.25) is 9.36 Å². The molecule has 4 rings (SSSR count). The zero-order chi connectivity index (χ0) is 20.9. The standard InChI is InChI=1S/C23H21N3O3S/c1-16(27)18-10-11-20(28-2)19(13-18)15-30-23-25-24-22(21-9-6-12-29-21)26(23)14-17-7-4-3-5-8-17/h3-13H,14-15H2,1-2H3. The summed E-state index contributed by atoms with van der Waals surface area (Å²) < 4.78 is 13.1. The molecular weight excluding hydrogens is 398 g/mol. The Hall–Kier alpha value is -3.32. The van der Waals surface area contributed by atoms with Crippen LogP contribution in [0, 0.1) is 0 Å². The predicted octanol–water partition coefficient (Wildman–Crippen LogP) is 5.09. The Morgan fingerprint density at radius 3 is 2.63 bits per heavy atom. The largest absolute Gasteiger partial charge is 0.496 e. The van der Waals surface area contributed by atoms with Crippen molar-refractivity contribution in [3.63, 3.8) is 0 Å². The molecule has 7 heteroatoms. The molecule has 0 aliphatic carbocycles. The van der Waals surface area contributed by atoms with Crippen molar-refractivity contribution in [2.75, 3.05) is 7.11 Å². The van der Waals surface area contributed by atoms with Gasteiger partial charge in [0.1, 0.15) is 5.75 Å². The van der Waals surface area contributed by atoms with Crippen molar-refractivity contribution in [2.24, 2.45) is 0 Å². The molecule has 2 heterocycles. The summed E-state index contributed by atoms with van der Waals surface area (Å²) in [5, 5.41) is 9.54. The van der Waals surface area contributed by atoms with Crippen LogP contribution in [-0.2, 0) is 12.3 Å². The molecule has 0 spiro atoms. The zero-order valence-electron chi connectivity index (χ0n) is 16.7. The third kappa shape index (κ3) is 4.31. The summed E-state index contributed by atoms with van der Waals surface area (Å²) in [6, 6.07) is 19.3. The highest BCUT2D eigenvalue weighted by Crippen LogP contribution is 2.31. The second-order valence-corrected chi connectivity index (χ2v) is 7.67. The van der Waals surface area contributed by atoms with E-state index in [9.17, 15) is 4.79 Å². The smallest absolute Gasteiger partial charge is 0.200 e. The second kappa shape index (κ2) is 9.00. The Morgan fingerprint density at radius 1 is 1.10 bits per heavy atom. The number of nitrogens with zero attached hydrogens (tertiary/aromatic N) is 3. The van der Waals surface area contributed by atoms with Crippen molar-refractivity contribution in [1.29, 1.82) is 0 Å². The normalized spacial score (nSPS) is 10.9. The van der Waals surface area contributed by atoms with E-state index in [2.05, 4.69) is 22.3 Å². The van der Waals surface area contributed by atoms with E-state index in [1.807, 2.05) is 47.0 Å². The van der Waals surface area contributed by atoms with Gasteiger partial charge in [0.05, 0.1) is 19.9 Å². The van der Waals surface area contributed by atoms with Gasteiger partial charge in [-0.25, -0.2) is 0 Å². The SMILES string of the molecule is COc1ccc(C(C)=O)cc1CSc1nnc(-c2ccco2)n1Cc1ccccc1. The van der Waals surface area contributed by atoms with Crippen molar-refractivity contribution in [3.05, 3.63) is 83.6 Å². The van der Waals surface area contributed by atoms with Crippen molar-refractivity contribution in [2.45, 2.75) is 24.4 Å². The molecule has 0 saturated heterocycles. The molecule has 30 heavy (non-hydrogen) atoms. The molecule has 0 aliphatic heterocycles. The average Bonchev–Trinajstić information content (AvgIpc) is 3.43. The number of furan rings is 1. The van der Waals surface area contributed by atoms with E-state index < -0.39 is 0 Å². The van der Waals surface area contributed by atoms with Crippen molar-refractivity contribution in [1.82, 2.24) is 14.8 Å². The third-order valence-electron chi connectivity index (χ3n) is 4.69. The number of thioether (sulfide) groups is 1. The lowest BCUT2D eigenvalue weighted by atomic mass is 10.1. The van der Waals surface area contributed by atoms with E-state index in [-0.39, 0.29) is 5.78 Å². The number of hydrogen-bond acceptors (Lipinski definition) is 6. The van der Waals surface area contributed by atoms with Gasteiger partial charge in [-0.2, -0.15) is 0 Å². The summed E-state index contributed by atoms with van der Waals surface area (Å²) in [4.78, 5) is 11.8. The number of ether oxygens (including phenoxy) is 1. The number of aromatic nitrogens is 3. The Morgan fingerprint density at radius 2 is 1.93 bits per heavy atom. The van der Waals surface area contributed by atoms with E-state index in [1.165, 1.54) is 0 Å². The Labute approximate surface area is 178 Å². The lowest BCUT2D eigenvalue weighted by Gasteiger charge is -2.11. The van der Waals surface area contributed by atoms with Crippen molar-refractivity contribution >= 4 is 17.5 Å². The fraction of sp³-hybridized carbons (Fsp3) is 0.174. The molecule has 0 N–H and O–H groups in total. The highest BCUT2D eigenvalue weighted by molar-refractivity contribution is 7.98. The molecule has 0 radical (unpaired) electrons. The Kier molecular flexibility index (Phi) is 5.99. The van der Waals surface area contributed by atoms with E-state index >= 15 is 0 Å². The first-order valence-corrected chi connectivity index (χ1v) is 10.5. The highest BCUT2D eigenvalue weighted by Gasteiger charge is 2.18. The minimum absolute atomic E-state index is 0.0243. The van der Waals surface area contributed by atoms with Gasteiger partial charge in [-0.05, 0) is 42.8 Å². The molecule has 0 fully saturated rings.